The second-order valence-electron chi connectivity index (χ2n) is 15.5. The fraction of sp³-hybridized carbons (Fsp3) is 0.515. The third-order valence-corrected chi connectivity index (χ3v) is 24.7. The van der Waals surface area contributed by atoms with E-state index in [1.807, 2.05) is 0 Å². The van der Waals surface area contributed by atoms with Crippen LogP contribution in [0.3, 0.4) is 0 Å². The Bertz CT molecular complexity index is 1350. The number of hydrogen-bond donors (Lipinski definition) is 0. The van der Waals surface area contributed by atoms with Crippen molar-refractivity contribution in [2.24, 2.45) is 11.3 Å². The number of halogens is 2. The maximum absolute atomic E-state index is 3.49. The minimum atomic E-state index is -3.49. The summed E-state index contributed by atoms with van der Waals surface area (Å²) < 4.78 is 8.89. The molecule has 2 aliphatic carbocycles. The summed E-state index contributed by atoms with van der Waals surface area (Å²) >= 11 is -3.49. The Morgan fingerprint density at radius 3 is 1.78 bits per heavy atom. The van der Waals surface area contributed by atoms with Crippen LogP contribution < -0.4 is 3.27 Å². The standard InChI is InChI=1S/C21H25.C10H15.2CH3.2ClH.H2Si.Zr/c1-20(2,3)16-9-7-14-11-15-8-10-17(21(4,5)6)13-19(15)18(14)12-16;1-8-5-6-9(7-8)10(2,3)4;;;;;;/h7,9-10,12-13H,11H2,1-6H3;6-8H,1-4H3;2*1H3;2*1H;1H2;. The molecule has 0 fully saturated rings. The summed E-state index contributed by atoms with van der Waals surface area (Å²) in [5.41, 5.74) is 11.1. The van der Waals surface area contributed by atoms with Crippen LogP contribution in [-0.4, -0.2) is 6.88 Å². The van der Waals surface area contributed by atoms with E-state index in [2.05, 4.69) is 128 Å². The topological polar surface area (TPSA) is 0 Å². The summed E-state index contributed by atoms with van der Waals surface area (Å²) in [7, 11) is 0. The van der Waals surface area contributed by atoms with Crippen molar-refractivity contribution in [3.63, 3.8) is 0 Å². The Labute approximate surface area is 242 Å². The molecule has 0 N–H and O–H groups in total. The first kappa shape index (κ1) is 32.8. The molecule has 0 bridgehead atoms. The van der Waals surface area contributed by atoms with E-state index >= 15 is 0 Å². The molecular formula is C33H50Cl2SiZr. The largest absolute Gasteiger partial charge is 0.147 e. The zero-order chi connectivity index (χ0) is 26.4. The summed E-state index contributed by atoms with van der Waals surface area (Å²) in [5.74, 6) is 0.535. The minimum absolute atomic E-state index is 0. The van der Waals surface area contributed by atoms with Crippen LogP contribution in [0.4, 0.5) is 0 Å². The maximum atomic E-state index is 2.70. The first-order valence-corrected chi connectivity index (χ1v) is 26.8. The van der Waals surface area contributed by atoms with Gasteiger partial charge in [-0.3, -0.25) is 0 Å². The Hall–Kier alpha value is -0.400. The zero-order valence-electron chi connectivity index (χ0n) is 25.3. The quantitative estimate of drug-likeness (QED) is 0.246. The third kappa shape index (κ3) is 5.89. The van der Waals surface area contributed by atoms with Crippen molar-refractivity contribution in [3.8, 4) is 11.1 Å². The predicted octanol–water partition coefficient (Wildman–Crippen LogP) is 9.16. The average molecular weight is 637 g/mol. The molecule has 0 amide bonds. The summed E-state index contributed by atoms with van der Waals surface area (Å²) in [6, 6.07) is 12.5. The van der Waals surface area contributed by atoms with E-state index in [4.69, 9.17) is 0 Å². The van der Waals surface area contributed by atoms with E-state index in [1.165, 1.54) is 33.4 Å². The number of rotatable bonds is 2. The van der Waals surface area contributed by atoms with Crippen LogP contribution in [0.2, 0.25) is 9.26 Å². The van der Waals surface area contributed by atoms with E-state index in [0.29, 0.717) is 5.92 Å². The molecule has 204 valence electrons. The SMILES string of the molecule is CC1C=C(C(C)(C)C)C=[C]1[Zr]([CH3])([CH3])(=[SiH2])[c]1cc(C(C)(C)C)cc2c1Cc1ccc(C(C)(C)C)cc1-2.Cl.Cl. The van der Waals surface area contributed by atoms with Gasteiger partial charge in [0, 0.05) is 0 Å². The van der Waals surface area contributed by atoms with Crippen LogP contribution in [0.1, 0.15) is 91.5 Å². The molecule has 2 aliphatic rings. The Morgan fingerprint density at radius 1 is 0.757 bits per heavy atom. The Balaban J connectivity index is 0.00000241. The van der Waals surface area contributed by atoms with Gasteiger partial charge in [0.05, 0.1) is 0 Å². The summed E-state index contributed by atoms with van der Waals surface area (Å²) in [5, 5.41) is 0. The van der Waals surface area contributed by atoms with Crippen LogP contribution in [0.5, 0.6) is 0 Å². The van der Waals surface area contributed by atoms with E-state index in [1.54, 1.807) is 12.1 Å². The number of benzene rings is 2. The monoisotopic (exact) mass is 634 g/mol. The van der Waals surface area contributed by atoms with Crippen LogP contribution >= 0.6 is 24.8 Å². The van der Waals surface area contributed by atoms with Gasteiger partial charge in [0.1, 0.15) is 0 Å². The Kier molecular flexibility index (Phi) is 8.78. The molecule has 4 rings (SSSR count). The molecule has 1 unspecified atom stereocenters. The second kappa shape index (κ2) is 9.90. The van der Waals surface area contributed by atoms with Gasteiger partial charge in [-0.2, -0.15) is 0 Å². The number of fused-ring (bicyclic) bond motifs is 3. The van der Waals surface area contributed by atoms with Crippen molar-refractivity contribution in [1.82, 2.24) is 0 Å². The molecule has 1 atom stereocenters. The van der Waals surface area contributed by atoms with Gasteiger partial charge in [0.15, 0.2) is 0 Å². The van der Waals surface area contributed by atoms with Crippen molar-refractivity contribution in [2.45, 2.75) is 95.8 Å². The van der Waals surface area contributed by atoms with Crippen LogP contribution in [0.15, 0.2) is 51.3 Å². The molecular weight excluding hydrogens is 587 g/mol. The van der Waals surface area contributed by atoms with Crippen LogP contribution in [0, 0.1) is 11.3 Å². The van der Waals surface area contributed by atoms with Crippen molar-refractivity contribution in [1.29, 1.82) is 0 Å². The van der Waals surface area contributed by atoms with E-state index in [-0.39, 0.29) is 41.1 Å². The predicted molar refractivity (Wildman–Crippen MR) is 171 cm³/mol. The molecule has 0 aromatic heterocycles. The first-order chi connectivity index (χ1) is 15.7. The minimum Gasteiger partial charge on any atom is -0.147 e. The van der Waals surface area contributed by atoms with Crippen molar-refractivity contribution in [2.75, 3.05) is 0 Å². The third-order valence-electron chi connectivity index (χ3n) is 8.64. The molecule has 0 heterocycles. The molecule has 0 aliphatic heterocycles. The molecule has 0 saturated heterocycles. The fourth-order valence-electron chi connectivity index (χ4n) is 6.18. The molecule has 37 heavy (non-hydrogen) atoms. The van der Waals surface area contributed by atoms with Crippen LogP contribution in [0.25, 0.3) is 11.1 Å². The summed E-state index contributed by atoms with van der Waals surface area (Å²) in [6.07, 6.45) is 6.26. The molecule has 0 radical (unpaired) electrons. The van der Waals surface area contributed by atoms with Gasteiger partial charge in [-0.05, 0) is 0 Å². The van der Waals surface area contributed by atoms with Crippen LogP contribution in [-0.2, 0) is 34.6 Å². The fourth-order valence-corrected chi connectivity index (χ4v) is 21.1. The Morgan fingerprint density at radius 2 is 1.30 bits per heavy atom. The van der Waals surface area contributed by atoms with E-state index in [9.17, 15) is 0 Å². The normalized spacial score (nSPS) is 17.8. The zero-order valence-corrected chi connectivity index (χ0v) is 30.9. The van der Waals surface area contributed by atoms with Gasteiger partial charge in [-0.1, -0.05) is 0 Å². The van der Waals surface area contributed by atoms with Gasteiger partial charge in [-0.15, -0.1) is 24.8 Å². The molecule has 0 spiro atoms. The van der Waals surface area contributed by atoms with E-state index in [0.717, 1.165) is 6.42 Å². The molecule has 0 saturated carbocycles. The van der Waals surface area contributed by atoms with Gasteiger partial charge in [0.2, 0.25) is 0 Å². The smallest absolute Gasteiger partial charge is 0.147 e. The van der Waals surface area contributed by atoms with Crippen molar-refractivity contribution in [3.05, 3.63) is 73.6 Å². The molecule has 4 heteroatoms. The average Bonchev–Trinajstić information content (AvgIpc) is 3.26. The van der Waals surface area contributed by atoms with Crippen molar-refractivity contribution >= 4 is 35.0 Å². The number of allylic oxidation sites excluding steroid dienone is 4. The van der Waals surface area contributed by atoms with Crippen molar-refractivity contribution < 1.29 is 17.4 Å². The number of hydrogen-bond acceptors (Lipinski definition) is 0. The second-order valence-corrected chi connectivity index (χ2v) is 44.0. The van der Waals surface area contributed by atoms with Gasteiger partial charge < -0.3 is 0 Å². The van der Waals surface area contributed by atoms with Gasteiger partial charge in [-0.25, -0.2) is 0 Å². The van der Waals surface area contributed by atoms with E-state index < -0.39 is 17.4 Å². The molecule has 0 nitrogen and oxygen atoms in total. The summed E-state index contributed by atoms with van der Waals surface area (Å²) in [4.78, 5) is 0. The first-order valence-electron chi connectivity index (χ1n) is 13.5. The molecule has 2 aromatic rings. The summed E-state index contributed by atoms with van der Waals surface area (Å²) in [6.45, 7) is 26.1. The van der Waals surface area contributed by atoms with Gasteiger partial charge >= 0.3 is 219 Å². The maximum Gasteiger partial charge on any atom is -0.147 e. The van der Waals surface area contributed by atoms with Gasteiger partial charge in [0.25, 0.3) is 0 Å². The molecule has 2 aromatic carbocycles.